The van der Waals surface area contributed by atoms with Crippen LogP contribution in [0.3, 0.4) is 0 Å². The Labute approximate surface area is 131 Å². The monoisotopic (exact) mass is 324 g/mol. The minimum Gasteiger partial charge on any atom is -0.393 e. The Morgan fingerprint density at radius 1 is 1.19 bits per heavy atom. The molecule has 6 heteroatoms. The number of hydrogen-bond acceptors (Lipinski definition) is 3. The molecule has 0 atom stereocenters. The maximum Gasteiger partial charge on any atom is 0.240 e. The highest BCUT2D eigenvalue weighted by Crippen LogP contribution is 2.45. The predicted molar refractivity (Wildman–Crippen MR) is 86.5 cm³/mol. The topological polar surface area (TPSA) is 72.2 Å². The highest BCUT2D eigenvalue weighted by atomic mass is 32.2. The molecule has 2 aliphatic carbocycles. The van der Waals surface area contributed by atoms with E-state index in [9.17, 15) is 8.42 Å². The number of thiocarbonyl (C=S) groups is 1. The van der Waals surface area contributed by atoms with Gasteiger partial charge in [0.2, 0.25) is 10.0 Å². The summed E-state index contributed by atoms with van der Waals surface area (Å²) in [5.74, 6) is 1.09. The predicted octanol–water partition coefficient (Wildman–Crippen LogP) is 1.98. The Hall–Kier alpha value is -0.980. The van der Waals surface area contributed by atoms with Crippen molar-refractivity contribution < 1.29 is 8.42 Å². The molecule has 2 aliphatic rings. The summed E-state index contributed by atoms with van der Waals surface area (Å²) in [6.07, 6.45) is 5.09. The van der Waals surface area contributed by atoms with Crippen LogP contribution in [0.4, 0.5) is 0 Å². The minimum atomic E-state index is -3.43. The largest absolute Gasteiger partial charge is 0.393 e. The van der Waals surface area contributed by atoms with Crippen molar-refractivity contribution in [3.63, 3.8) is 0 Å². The fourth-order valence-corrected chi connectivity index (χ4v) is 4.26. The summed E-state index contributed by atoms with van der Waals surface area (Å²) < 4.78 is 27.9. The lowest BCUT2D eigenvalue weighted by Crippen LogP contribution is -2.38. The van der Waals surface area contributed by atoms with Crippen molar-refractivity contribution in [3.8, 4) is 0 Å². The third-order valence-electron chi connectivity index (χ3n) is 4.16. The Kier molecular flexibility index (Phi) is 4.03. The molecule has 0 unspecified atom stereocenters. The quantitative estimate of drug-likeness (QED) is 0.752. The average molecular weight is 324 g/mol. The zero-order chi connectivity index (χ0) is 15.0. The van der Waals surface area contributed by atoms with Gasteiger partial charge in [0.15, 0.2) is 0 Å². The standard InChI is InChI=1S/C15H20N2O2S2/c16-14(20)9-10-1-7-13(8-2-10)21(18,19)17-15(11-3-4-11)12-5-6-12/h1-2,7-8,11-12,15,17H,3-6,9H2,(H2,16,20). The zero-order valence-corrected chi connectivity index (χ0v) is 13.4. The molecule has 21 heavy (non-hydrogen) atoms. The summed E-state index contributed by atoms with van der Waals surface area (Å²) in [6.45, 7) is 0. The summed E-state index contributed by atoms with van der Waals surface area (Å²) in [5.41, 5.74) is 6.43. The van der Waals surface area contributed by atoms with E-state index in [4.69, 9.17) is 18.0 Å². The Morgan fingerprint density at radius 3 is 2.14 bits per heavy atom. The normalized spacial score (nSPS) is 18.9. The number of hydrogen-bond donors (Lipinski definition) is 2. The molecule has 3 N–H and O–H groups in total. The lowest BCUT2D eigenvalue weighted by Gasteiger charge is -2.17. The fraction of sp³-hybridized carbons (Fsp3) is 0.533. The van der Waals surface area contributed by atoms with Crippen molar-refractivity contribution in [1.82, 2.24) is 4.72 Å². The second kappa shape index (κ2) is 5.66. The van der Waals surface area contributed by atoms with Crippen LogP contribution in [0.25, 0.3) is 0 Å². The van der Waals surface area contributed by atoms with E-state index in [-0.39, 0.29) is 6.04 Å². The van der Waals surface area contributed by atoms with E-state index >= 15 is 0 Å². The molecule has 0 saturated heterocycles. The van der Waals surface area contributed by atoms with Crippen LogP contribution in [0.15, 0.2) is 29.2 Å². The van der Waals surface area contributed by atoms with E-state index in [1.54, 1.807) is 24.3 Å². The SMILES string of the molecule is NC(=S)Cc1ccc(S(=O)(=O)NC(C2CC2)C2CC2)cc1. The summed E-state index contributed by atoms with van der Waals surface area (Å²) >= 11 is 4.86. The lowest BCUT2D eigenvalue weighted by atomic mass is 10.1. The van der Waals surface area contributed by atoms with Gasteiger partial charge in [-0.25, -0.2) is 13.1 Å². The zero-order valence-electron chi connectivity index (χ0n) is 11.8. The van der Waals surface area contributed by atoms with E-state index in [0.717, 1.165) is 31.2 Å². The number of nitrogens with one attached hydrogen (secondary N) is 1. The van der Waals surface area contributed by atoms with Gasteiger partial charge in [-0.05, 0) is 55.2 Å². The third kappa shape index (κ3) is 3.81. The van der Waals surface area contributed by atoms with Gasteiger partial charge in [0.05, 0.1) is 9.88 Å². The molecular weight excluding hydrogens is 304 g/mol. The van der Waals surface area contributed by atoms with Gasteiger partial charge in [-0.1, -0.05) is 24.4 Å². The molecule has 1 aromatic carbocycles. The Morgan fingerprint density at radius 2 is 1.71 bits per heavy atom. The molecule has 114 valence electrons. The highest BCUT2D eigenvalue weighted by molar-refractivity contribution is 7.89. The lowest BCUT2D eigenvalue weighted by molar-refractivity contribution is 0.471. The van der Waals surface area contributed by atoms with Crippen molar-refractivity contribution in [1.29, 1.82) is 0 Å². The number of benzene rings is 1. The molecule has 0 spiro atoms. The molecule has 2 fully saturated rings. The van der Waals surface area contributed by atoms with Gasteiger partial charge in [-0.3, -0.25) is 0 Å². The molecule has 2 saturated carbocycles. The molecule has 4 nitrogen and oxygen atoms in total. The molecule has 0 radical (unpaired) electrons. The second-order valence-electron chi connectivity index (χ2n) is 6.11. The van der Waals surface area contributed by atoms with Crippen molar-refractivity contribution in [2.24, 2.45) is 17.6 Å². The molecule has 0 heterocycles. The van der Waals surface area contributed by atoms with Gasteiger partial charge in [-0.15, -0.1) is 0 Å². The van der Waals surface area contributed by atoms with E-state index in [1.807, 2.05) is 0 Å². The molecule has 3 rings (SSSR count). The van der Waals surface area contributed by atoms with Crippen LogP contribution < -0.4 is 10.5 Å². The highest BCUT2D eigenvalue weighted by Gasteiger charge is 2.43. The second-order valence-corrected chi connectivity index (χ2v) is 8.35. The van der Waals surface area contributed by atoms with Crippen LogP contribution in [0.5, 0.6) is 0 Å². The summed E-state index contributed by atoms with van der Waals surface area (Å²) in [5, 5.41) is 0. The first-order chi connectivity index (χ1) is 9.95. The number of sulfonamides is 1. The van der Waals surface area contributed by atoms with Crippen LogP contribution in [0.1, 0.15) is 31.2 Å². The molecule has 0 amide bonds. The first-order valence-electron chi connectivity index (χ1n) is 7.35. The van der Waals surface area contributed by atoms with E-state index < -0.39 is 10.0 Å². The summed E-state index contributed by atoms with van der Waals surface area (Å²) in [4.78, 5) is 0.728. The van der Waals surface area contributed by atoms with Crippen molar-refractivity contribution in [2.75, 3.05) is 0 Å². The molecule has 0 bridgehead atoms. The smallest absolute Gasteiger partial charge is 0.240 e. The first-order valence-corrected chi connectivity index (χ1v) is 9.24. The molecule has 0 aliphatic heterocycles. The third-order valence-corrected chi connectivity index (χ3v) is 5.78. The van der Waals surface area contributed by atoms with E-state index in [1.165, 1.54) is 0 Å². The van der Waals surface area contributed by atoms with Gasteiger partial charge < -0.3 is 5.73 Å². The van der Waals surface area contributed by atoms with Crippen LogP contribution >= 0.6 is 12.2 Å². The number of rotatable bonds is 7. The van der Waals surface area contributed by atoms with Gasteiger partial charge in [0.25, 0.3) is 0 Å². The first kappa shape index (κ1) is 14.9. The average Bonchev–Trinajstić information content (AvgIpc) is 3.27. The van der Waals surface area contributed by atoms with Crippen LogP contribution in [-0.2, 0) is 16.4 Å². The molecular formula is C15H20N2O2S2. The molecule has 0 aromatic heterocycles. The van der Waals surface area contributed by atoms with Gasteiger partial charge in [0, 0.05) is 12.5 Å². The van der Waals surface area contributed by atoms with Gasteiger partial charge >= 0.3 is 0 Å². The van der Waals surface area contributed by atoms with Crippen LogP contribution in [0, 0.1) is 11.8 Å². The summed E-state index contributed by atoms with van der Waals surface area (Å²) in [6, 6.07) is 6.94. The molecule has 1 aromatic rings. The Bertz CT molecular complexity index is 620. The van der Waals surface area contributed by atoms with Crippen LogP contribution in [-0.4, -0.2) is 19.4 Å². The van der Waals surface area contributed by atoms with E-state index in [0.29, 0.717) is 28.1 Å². The Balaban J connectivity index is 1.72. The van der Waals surface area contributed by atoms with Gasteiger partial charge in [-0.2, -0.15) is 0 Å². The van der Waals surface area contributed by atoms with Crippen molar-refractivity contribution in [2.45, 2.75) is 43.0 Å². The van der Waals surface area contributed by atoms with Gasteiger partial charge in [0.1, 0.15) is 0 Å². The number of nitrogens with two attached hydrogens (primary N) is 1. The summed E-state index contributed by atoms with van der Waals surface area (Å²) in [7, 11) is -3.43. The van der Waals surface area contributed by atoms with Crippen molar-refractivity contribution >= 4 is 27.2 Å². The minimum absolute atomic E-state index is 0.131. The fourth-order valence-electron chi connectivity index (χ4n) is 2.72. The van der Waals surface area contributed by atoms with E-state index in [2.05, 4.69) is 4.72 Å². The van der Waals surface area contributed by atoms with Crippen LogP contribution in [0.2, 0.25) is 0 Å². The maximum atomic E-state index is 12.5. The van der Waals surface area contributed by atoms with Crippen molar-refractivity contribution in [3.05, 3.63) is 29.8 Å². The maximum absolute atomic E-state index is 12.5.